The number of carbonyl (C=O) groups is 2. The van der Waals surface area contributed by atoms with Crippen molar-refractivity contribution in [3.05, 3.63) is 59.9 Å². The van der Waals surface area contributed by atoms with Crippen molar-refractivity contribution in [2.45, 2.75) is 77.3 Å². The second-order valence-corrected chi connectivity index (χ2v) is 11.9. The molecule has 0 aliphatic carbocycles. The molecule has 0 saturated carbocycles. The maximum absolute atomic E-state index is 14.2. The summed E-state index contributed by atoms with van der Waals surface area (Å²) >= 11 is 0. The molecule has 1 spiro atoms. The van der Waals surface area contributed by atoms with Crippen molar-refractivity contribution in [1.82, 2.24) is 19.4 Å². The smallest absolute Gasteiger partial charge is 0.253 e. The van der Waals surface area contributed by atoms with Crippen LogP contribution in [0.25, 0.3) is 11.0 Å². The molecule has 7 heteroatoms. The second kappa shape index (κ2) is 10.7. The van der Waals surface area contributed by atoms with Gasteiger partial charge in [0.2, 0.25) is 5.91 Å². The Bertz CT molecular complexity index is 1350. The fourth-order valence-electron chi connectivity index (χ4n) is 6.86. The zero-order chi connectivity index (χ0) is 27.0. The van der Waals surface area contributed by atoms with Crippen LogP contribution in [0.4, 0.5) is 0 Å². The highest BCUT2D eigenvalue weighted by molar-refractivity contribution is 5.97. The molecule has 39 heavy (non-hydrogen) atoms. The third kappa shape index (κ3) is 4.92. The van der Waals surface area contributed by atoms with Gasteiger partial charge in [0, 0.05) is 31.2 Å². The van der Waals surface area contributed by atoms with E-state index >= 15 is 0 Å². The molecule has 1 aromatic heterocycles. The molecular weight excluding hydrogens is 488 g/mol. The molecule has 0 radical (unpaired) electrons. The molecule has 4 heterocycles. The third-order valence-corrected chi connectivity index (χ3v) is 9.23. The number of aryl methyl sites for hydroxylation is 1. The number of ether oxygens (including phenoxy) is 1. The summed E-state index contributed by atoms with van der Waals surface area (Å²) in [5.74, 6) is 1.29. The molecule has 6 rings (SSSR count). The van der Waals surface area contributed by atoms with Gasteiger partial charge in [0.05, 0.1) is 28.8 Å². The Balaban J connectivity index is 1.19. The van der Waals surface area contributed by atoms with Crippen LogP contribution < -0.4 is 4.74 Å². The van der Waals surface area contributed by atoms with Gasteiger partial charge in [0.25, 0.3) is 5.91 Å². The van der Waals surface area contributed by atoms with E-state index in [1.165, 1.54) is 5.56 Å². The maximum Gasteiger partial charge on any atom is 0.253 e. The SMILES string of the molecule is CC(C)n1cnc2cc(C(=O)N3CCC4(CCCCc5ccccc5OC[C@@H]5CCCN5C4=O)CC3)ccc21. The summed E-state index contributed by atoms with van der Waals surface area (Å²) < 4.78 is 8.41. The van der Waals surface area contributed by atoms with Gasteiger partial charge in [-0.2, -0.15) is 0 Å². The van der Waals surface area contributed by atoms with Crippen molar-refractivity contribution in [3.8, 4) is 5.75 Å². The van der Waals surface area contributed by atoms with Crippen molar-refractivity contribution < 1.29 is 14.3 Å². The van der Waals surface area contributed by atoms with Gasteiger partial charge in [-0.15, -0.1) is 0 Å². The van der Waals surface area contributed by atoms with Crippen molar-refractivity contribution in [2.75, 3.05) is 26.2 Å². The number of fused-ring (bicyclic) bond motifs is 3. The van der Waals surface area contributed by atoms with Crippen molar-refractivity contribution in [3.63, 3.8) is 0 Å². The van der Waals surface area contributed by atoms with E-state index in [2.05, 4.69) is 46.5 Å². The van der Waals surface area contributed by atoms with E-state index in [1.807, 2.05) is 35.5 Å². The van der Waals surface area contributed by atoms with Crippen LogP contribution in [0.1, 0.15) is 80.8 Å². The fraction of sp³-hybridized carbons (Fsp3) is 0.531. The standard InChI is InChI=1S/C32H40N4O3/c1-23(2)36-22-33-27-20-25(12-13-28(27)36)30(37)34-18-15-32(16-19-34)14-6-5-9-24-8-3-4-11-29(24)39-21-26-10-7-17-35(26)31(32)38/h3-4,8,11-13,20,22-23,26H,5-7,9-10,14-19,21H2,1-2H3/t26-/m0/s1. The van der Waals surface area contributed by atoms with Crippen molar-refractivity contribution in [2.24, 2.45) is 5.41 Å². The van der Waals surface area contributed by atoms with E-state index in [9.17, 15) is 9.59 Å². The van der Waals surface area contributed by atoms with Gasteiger partial charge in [-0.3, -0.25) is 9.59 Å². The van der Waals surface area contributed by atoms with Crippen LogP contribution in [0.2, 0.25) is 0 Å². The Kier molecular flexibility index (Phi) is 7.08. The lowest BCUT2D eigenvalue weighted by atomic mass is 9.72. The number of hydrogen-bond acceptors (Lipinski definition) is 4. The molecule has 0 unspecified atom stereocenters. The number of hydrogen-bond donors (Lipinski definition) is 0. The van der Waals surface area contributed by atoms with Crippen LogP contribution in [-0.2, 0) is 11.2 Å². The first-order valence-corrected chi connectivity index (χ1v) is 14.7. The predicted molar refractivity (Wildman–Crippen MR) is 152 cm³/mol. The van der Waals surface area contributed by atoms with E-state index in [4.69, 9.17) is 4.74 Å². The highest BCUT2D eigenvalue weighted by Gasteiger charge is 2.46. The van der Waals surface area contributed by atoms with Gasteiger partial charge < -0.3 is 19.1 Å². The van der Waals surface area contributed by atoms with Crippen molar-refractivity contribution >= 4 is 22.8 Å². The van der Waals surface area contributed by atoms with Crippen LogP contribution in [-0.4, -0.2) is 63.4 Å². The molecule has 7 nitrogen and oxygen atoms in total. The summed E-state index contributed by atoms with van der Waals surface area (Å²) in [5, 5.41) is 0. The minimum atomic E-state index is -0.391. The number of nitrogens with zero attached hydrogens (tertiary/aromatic N) is 4. The summed E-state index contributed by atoms with van der Waals surface area (Å²) in [4.78, 5) is 36.3. The highest BCUT2D eigenvalue weighted by Crippen LogP contribution is 2.41. The van der Waals surface area contributed by atoms with Crippen LogP contribution in [0.15, 0.2) is 48.8 Å². The Hall–Kier alpha value is -3.35. The van der Waals surface area contributed by atoms with Crippen LogP contribution in [0, 0.1) is 5.41 Å². The molecule has 2 amide bonds. The van der Waals surface area contributed by atoms with Gasteiger partial charge in [0.15, 0.2) is 0 Å². The largest absolute Gasteiger partial charge is 0.491 e. The van der Waals surface area contributed by atoms with Crippen LogP contribution >= 0.6 is 0 Å². The molecule has 2 fully saturated rings. The molecule has 1 atom stereocenters. The number of imidazole rings is 1. The van der Waals surface area contributed by atoms with Gasteiger partial charge >= 0.3 is 0 Å². The van der Waals surface area contributed by atoms with Gasteiger partial charge in [-0.05, 0) is 88.6 Å². The summed E-state index contributed by atoms with van der Waals surface area (Å²) in [6, 6.07) is 14.6. The molecule has 3 aliphatic rings. The van der Waals surface area contributed by atoms with E-state index in [0.717, 1.165) is 74.7 Å². The number of amides is 2. The Labute approximate surface area is 231 Å². The Morgan fingerprint density at radius 1 is 1.03 bits per heavy atom. The number of rotatable bonds is 2. The lowest BCUT2D eigenvalue weighted by molar-refractivity contribution is -0.147. The summed E-state index contributed by atoms with van der Waals surface area (Å²) in [5.41, 5.74) is 3.44. The zero-order valence-corrected chi connectivity index (χ0v) is 23.3. The zero-order valence-electron chi connectivity index (χ0n) is 23.3. The first kappa shape index (κ1) is 25.9. The average Bonchev–Trinajstić information content (AvgIpc) is 3.60. The molecule has 3 aromatic rings. The number of piperidine rings is 1. The molecule has 0 N–H and O–H groups in total. The van der Waals surface area contributed by atoms with Crippen LogP contribution in [0.3, 0.4) is 0 Å². The summed E-state index contributed by atoms with van der Waals surface area (Å²) in [7, 11) is 0. The van der Waals surface area contributed by atoms with E-state index in [1.54, 1.807) is 0 Å². The summed E-state index contributed by atoms with van der Waals surface area (Å²) in [6.07, 6.45) is 9.20. The molecule has 2 aromatic carbocycles. The third-order valence-electron chi connectivity index (χ3n) is 9.23. The van der Waals surface area contributed by atoms with Gasteiger partial charge in [-0.25, -0.2) is 4.98 Å². The predicted octanol–water partition coefficient (Wildman–Crippen LogP) is 5.64. The quantitative estimate of drug-likeness (QED) is 0.432. The minimum absolute atomic E-state index is 0.0375. The number of carbonyl (C=O) groups excluding carboxylic acids is 2. The molecular formula is C32H40N4O3. The molecule has 206 valence electrons. The minimum Gasteiger partial charge on any atom is -0.491 e. The average molecular weight is 529 g/mol. The van der Waals surface area contributed by atoms with Crippen molar-refractivity contribution in [1.29, 1.82) is 0 Å². The van der Waals surface area contributed by atoms with E-state index in [0.29, 0.717) is 31.3 Å². The monoisotopic (exact) mass is 528 g/mol. The number of benzene rings is 2. The number of likely N-dealkylation sites (tertiary alicyclic amines) is 1. The number of para-hydroxylation sites is 1. The normalized spacial score (nSPS) is 21.8. The topological polar surface area (TPSA) is 67.7 Å². The van der Waals surface area contributed by atoms with E-state index in [-0.39, 0.29) is 17.9 Å². The Morgan fingerprint density at radius 3 is 2.67 bits per heavy atom. The maximum atomic E-state index is 14.2. The highest BCUT2D eigenvalue weighted by atomic mass is 16.5. The van der Waals surface area contributed by atoms with Crippen LogP contribution in [0.5, 0.6) is 5.75 Å². The first-order chi connectivity index (χ1) is 18.9. The molecule has 2 saturated heterocycles. The molecule has 0 bridgehead atoms. The molecule has 3 aliphatic heterocycles. The van der Waals surface area contributed by atoms with Gasteiger partial charge in [-0.1, -0.05) is 24.6 Å². The lowest BCUT2D eigenvalue weighted by Gasteiger charge is -2.44. The second-order valence-electron chi connectivity index (χ2n) is 11.9. The Morgan fingerprint density at radius 2 is 1.85 bits per heavy atom. The number of aromatic nitrogens is 2. The first-order valence-electron chi connectivity index (χ1n) is 14.7. The lowest BCUT2D eigenvalue weighted by Crippen LogP contribution is -2.53. The fourth-order valence-corrected chi connectivity index (χ4v) is 6.86. The van der Waals surface area contributed by atoms with Gasteiger partial charge in [0.1, 0.15) is 12.4 Å². The summed E-state index contributed by atoms with van der Waals surface area (Å²) in [6.45, 7) is 6.84. The van der Waals surface area contributed by atoms with E-state index < -0.39 is 5.41 Å².